The summed E-state index contributed by atoms with van der Waals surface area (Å²) in [6.07, 6.45) is -0.608. The summed E-state index contributed by atoms with van der Waals surface area (Å²) in [4.78, 5) is 25.4. The van der Waals surface area contributed by atoms with Crippen LogP contribution in [0.3, 0.4) is 0 Å². The molecule has 132 valence electrons. The summed E-state index contributed by atoms with van der Waals surface area (Å²) in [5, 5.41) is 3.57. The second-order valence-electron chi connectivity index (χ2n) is 6.32. The van der Waals surface area contributed by atoms with E-state index in [-0.39, 0.29) is 23.7 Å². The maximum Gasteiger partial charge on any atom is 0.280 e. The van der Waals surface area contributed by atoms with Crippen LogP contribution in [0, 0.1) is 0 Å². The number of hydrogen-bond acceptors (Lipinski definition) is 8. The number of nitrogens with one attached hydrogen (secondary N) is 1. The lowest BCUT2D eigenvalue weighted by molar-refractivity contribution is -0.195. The number of ether oxygens (including phenoxy) is 3. The van der Waals surface area contributed by atoms with Gasteiger partial charge in [-0.2, -0.15) is 4.98 Å². The quantitative estimate of drug-likeness (QED) is 0.460. The molecule has 0 spiro atoms. The third kappa shape index (κ3) is 2.51. The van der Waals surface area contributed by atoms with Crippen molar-refractivity contribution in [1.82, 2.24) is 19.5 Å². The fourth-order valence-electron chi connectivity index (χ4n) is 3.28. The lowest BCUT2D eigenvalue weighted by Gasteiger charge is -2.24. The summed E-state index contributed by atoms with van der Waals surface area (Å²) in [5.41, 5.74) is 14.2. The average molecular weight is 348 g/mol. The van der Waals surface area contributed by atoms with Gasteiger partial charge in [-0.25, -0.2) is 4.98 Å². The molecule has 0 aliphatic carbocycles. The zero-order valence-corrected chi connectivity index (χ0v) is 13.5. The zero-order chi connectivity index (χ0) is 17.8. The van der Waals surface area contributed by atoms with Gasteiger partial charge in [0.15, 0.2) is 23.2 Å². The van der Waals surface area contributed by atoms with Crippen molar-refractivity contribution in [2.75, 3.05) is 12.3 Å². The van der Waals surface area contributed by atoms with Crippen LogP contribution >= 0.6 is 0 Å². The fraction of sp³-hybridized carbons (Fsp3) is 0.615. The number of nitrogen functional groups attached to an aromatic ring is 1. The molecule has 4 rings (SSSR count). The summed E-state index contributed by atoms with van der Waals surface area (Å²) in [6.45, 7) is 3.68. The molecular weight excluding hydrogens is 332 g/mol. The largest absolute Gasteiger partial charge is 0.369 e. The molecule has 12 nitrogen and oxygen atoms in total. The van der Waals surface area contributed by atoms with E-state index in [2.05, 4.69) is 25.0 Å². The molecule has 12 heteroatoms. The predicted molar refractivity (Wildman–Crippen MR) is 84.3 cm³/mol. The van der Waals surface area contributed by atoms with E-state index in [0.717, 1.165) is 0 Å². The van der Waals surface area contributed by atoms with Crippen LogP contribution in [-0.2, 0) is 14.2 Å². The summed E-state index contributed by atoms with van der Waals surface area (Å²) >= 11 is 0. The van der Waals surface area contributed by atoms with Crippen LogP contribution in [0.5, 0.6) is 0 Å². The highest BCUT2D eigenvalue weighted by Crippen LogP contribution is 2.43. The average Bonchev–Trinajstić information content (AvgIpc) is 3.16. The monoisotopic (exact) mass is 348 g/mol. The molecule has 2 saturated heterocycles. The van der Waals surface area contributed by atoms with E-state index >= 15 is 0 Å². The van der Waals surface area contributed by atoms with Crippen LogP contribution in [0.25, 0.3) is 21.6 Å². The number of fused-ring (bicyclic) bond motifs is 2. The molecular formula is C13H16N8O4. The summed E-state index contributed by atoms with van der Waals surface area (Å²) in [6, 6.07) is 0. The SMILES string of the molecule is CC1(C)O[C@@H]2[C@H](O1)[C@H](n1cnc3c(=O)[nH]c(N)nc31)O[C@@H]2CN=[N+]=[N-]. The topological polar surface area (TPSA) is 166 Å². The predicted octanol–water partition coefficient (Wildman–Crippen LogP) is 0.430. The number of nitrogens with zero attached hydrogens (tertiary/aromatic N) is 6. The van der Waals surface area contributed by atoms with E-state index < -0.39 is 35.9 Å². The number of nitrogens with two attached hydrogens (primary N) is 1. The molecule has 4 heterocycles. The van der Waals surface area contributed by atoms with Gasteiger partial charge < -0.3 is 19.9 Å². The third-order valence-electron chi connectivity index (χ3n) is 4.17. The Labute approximate surface area is 140 Å². The van der Waals surface area contributed by atoms with Gasteiger partial charge in [0.2, 0.25) is 5.95 Å². The third-order valence-corrected chi connectivity index (χ3v) is 4.17. The lowest BCUT2D eigenvalue weighted by atomic mass is 10.1. The molecule has 3 N–H and O–H groups in total. The smallest absolute Gasteiger partial charge is 0.280 e. The number of anilines is 1. The Kier molecular flexibility index (Phi) is 3.44. The van der Waals surface area contributed by atoms with Crippen molar-refractivity contribution in [3.05, 3.63) is 27.1 Å². The number of aromatic nitrogens is 4. The number of hydrogen-bond donors (Lipinski definition) is 2. The standard InChI is InChI=1S/C13H16N8O4/c1-13(2)24-7-5(3-17-20-15)23-11(8(7)25-13)21-4-16-6-9(21)18-12(14)19-10(6)22/h4-5,7-8,11H,3H2,1-2H3,(H3,14,18,19,22)/t5-,7+,8+,11-/m1/s1. The van der Waals surface area contributed by atoms with Crippen LogP contribution in [0.1, 0.15) is 20.1 Å². The molecule has 2 aromatic rings. The highest BCUT2D eigenvalue weighted by Gasteiger charge is 2.55. The second kappa shape index (κ2) is 5.43. The molecule has 2 aliphatic heterocycles. The molecule has 0 aromatic carbocycles. The molecule has 0 unspecified atom stereocenters. The lowest BCUT2D eigenvalue weighted by Crippen LogP contribution is -2.31. The van der Waals surface area contributed by atoms with E-state index in [1.54, 1.807) is 18.4 Å². The molecule has 0 saturated carbocycles. The van der Waals surface area contributed by atoms with Gasteiger partial charge in [-0.1, -0.05) is 5.11 Å². The van der Waals surface area contributed by atoms with Crippen molar-refractivity contribution >= 4 is 17.1 Å². The first-order valence-electron chi connectivity index (χ1n) is 7.64. The zero-order valence-electron chi connectivity index (χ0n) is 13.5. The van der Waals surface area contributed by atoms with Gasteiger partial charge in [-0.05, 0) is 19.4 Å². The molecule has 2 aliphatic rings. The van der Waals surface area contributed by atoms with Crippen molar-refractivity contribution in [2.24, 2.45) is 5.11 Å². The van der Waals surface area contributed by atoms with E-state index in [9.17, 15) is 4.79 Å². The van der Waals surface area contributed by atoms with Gasteiger partial charge in [-0.3, -0.25) is 14.3 Å². The Morgan fingerprint density at radius 3 is 3.00 bits per heavy atom. The Balaban J connectivity index is 1.77. The normalized spacial score (nSPS) is 30.3. The van der Waals surface area contributed by atoms with Gasteiger partial charge >= 0.3 is 0 Å². The minimum Gasteiger partial charge on any atom is -0.369 e. The van der Waals surface area contributed by atoms with Gasteiger partial charge in [0.05, 0.1) is 19.0 Å². The minimum absolute atomic E-state index is 0.0247. The van der Waals surface area contributed by atoms with Gasteiger partial charge in [0, 0.05) is 4.91 Å². The highest BCUT2D eigenvalue weighted by molar-refractivity contribution is 5.70. The van der Waals surface area contributed by atoms with Crippen LogP contribution in [-0.4, -0.2) is 50.2 Å². The Morgan fingerprint density at radius 2 is 2.24 bits per heavy atom. The Morgan fingerprint density at radius 1 is 1.48 bits per heavy atom. The van der Waals surface area contributed by atoms with Gasteiger partial charge in [-0.15, -0.1) is 0 Å². The Bertz CT molecular complexity index is 930. The molecule has 0 amide bonds. The van der Waals surface area contributed by atoms with E-state index in [4.69, 9.17) is 25.5 Å². The first-order chi connectivity index (χ1) is 11.9. The molecule has 0 radical (unpaired) electrons. The molecule has 25 heavy (non-hydrogen) atoms. The highest BCUT2D eigenvalue weighted by atomic mass is 16.8. The number of aromatic amines is 1. The maximum atomic E-state index is 12.0. The maximum absolute atomic E-state index is 12.0. The minimum atomic E-state index is -0.813. The number of rotatable bonds is 3. The first-order valence-corrected chi connectivity index (χ1v) is 7.64. The molecule has 2 fully saturated rings. The van der Waals surface area contributed by atoms with E-state index in [1.807, 2.05) is 0 Å². The summed E-state index contributed by atoms with van der Waals surface area (Å²) < 4.78 is 19.4. The summed E-state index contributed by atoms with van der Waals surface area (Å²) in [5.74, 6) is -0.838. The first kappa shape index (κ1) is 15.8. The van der Waals surface area contributed by atoms with Crippen molar-refractivity contribution in [1.29, 1.82) is 0 Å². The number of azide groups is 1. The van der Waals surface area contributed by atoms with Gasteiger partial charge in [0.25, 0.3) is 5.56 Å². The van der Waals surface area contributed by atoms with Crippen molar-refractivity contribution < 1.29 is 14.2 Å². The van der Waals surface area contributed by atoms with Crippen LogP contribution in [0.15, 0.2) is 16.2 Å². The van der Waals surface area contributed by atoms with Crippen LogP contribution in [0.4, 0.5) is 5.95 Å². The molecule has 4 atom stereocenters. The van der Waals surface area contributed by atoms with Crippen molar-refractivity contribution in [3.8, 4) is 0 Å². The number of H-pyrrole nitrogens is 1. The second-order valence-corrected chi connectivity index (χ2v) is 6.32. The van der Waals surface area contributed by atoms with Crippen LogP contribution in [0.2, 0.25) is 0 Å². The van der Waals surface area contributed by atoms with E-state index in [1.165, 1.54) is 6.33 Å². The number of imidazole rings is 1. The molecule has 0 bridgehead atoms. The Hall–Kier alpha value is -2.66. The molecule has 2 aromatic heterocycles. The van der Waals surface area contributed by atoms with Crippen molar-refractivity contribution in [2.45, 2.75) is 44.2 Å². The fourth-order valence-corrected chi connectivity index (χ4v) is 3.28. The van der Waals surface area contributed by atoms with E-state index in [0.29, 0.717) is 0 Å². The summed E-state index contributed by atoms with van der Waals surface area (Å²) in [7, 11) is 0. The van der Waals surface area contributed by atoms with Crippen molar-refractivity contribution in [3.63, 3.8) is 0 Å². The van der Waals surface area contributed by atoms with Crippen LogP contribution < -0.4 is 11.3 Å². The van der Waals surface area contributed by atoms with Gasteiger partial charge in [0.1, 0.15) is 12.2 Å².